The lowest BCUT2D eigenvalue weighted by Gasteiger charge is -2.33. The molecule has 4 atom stereocenters. The Morgan fingerprint density at radius 1 is 1.05 bits per heavy atom. The van der Waals surface area contributed by atoms with Gasteiger partial charge in [0.25, 0.3) is 0 Å². The number of epoxide rings is 1. The standard InChI is InChI=1S/C29H34O12/c1-14(30)38-24-21(26(31)32)20(23(25-29(24,5)40-25)39-27(33)41-28(2,3)4)16-12-18(35-7)19-15(22(16)36-8)10-9-11-17(19)37-13-34-6/h9-12,23-25H,13H2,1-8H3,(H,31,32)/t23-,24+,25-,29+/m0/s1. The number of hydrogen-bond acceptors (Lipinski definition) is 11. The molecule has 0 spiro atoms. The van der Waals surface area contributed by atoms with Crippen molar-refractivity contribution < 1.29 is 57.4 Å². The first-order valence-corrected chi connectivity index (χ1v) is 12.8. The number of carbonyl (C=O) groups is 3. The molecule has 2 aliphatic rings. The van der Waals surface area contributed by atoms with Gasteiger partial charge in [0, 0.05) is 30.6 Å². The molecule has 0 saturated carbocycles. The second-order valence-electron chi connectivity index (χ2n) is 10.7. The average Bonchev–Trinajstić information content (AvgIpc) is 3.58. The summed E-state index contributed by atoms with van der Waals surface area (Å²) in [6.07, 6.45) is -4.48. The average molecular weight is 575 g/mol. The zero-order chi connectivity index (χ0) is 30.3. The van der Waals surface area contributed by atoms with Crippen LogP contribution in [0.25, 0.3) is 16.3 Å². The van der Waals surface area contributed by atoms with Crippen LogP contribution in [0.2, 0.25) is 0 Å². The molecule has 12 nitrogen and oxygen atoms in total. The van der Waals surface area contributed by atoms with Gasteiger partial charge in [-0.3, -0.25) is 4.79 Å². The van der Waals surface area contributed by atoms with Crippen LogP contribution in [0, 0.1) is 0 Å². The summed E-state index contributed by atoms with van der Waals surface area (Å²) in [4.78, 5) is 37.9. The summed E-state index contributed by atoms with van der Waals surface area (Å²) < 4.78 is 44.9. The van der Waals surface area contributed by atoms with Gasteiger partial charge in [-0.05, 0) is 39.8 Å². The van der Waals surface area contributed by atoms with E-state index in [1.54, 1.807) is 52.0 Å². The minimum Gasteiger partial charge on any atom is -0.496 e. The molecule has 4 rings (SSSR count). The summed E-state index contributed by atoms with van der Waals surface area (Å²) in [5, 5.41) is 11.6. The maximum atomic E-state index is 12.9. The molecule has 41 heavy (non-hydrogen) atoms. The summed E-state index contributed by atoms with van der Waals surface area (Å²) in [5.74, 6) is -1.14. The van der Waals surface area contributed by atoms with E-state index in [0.717, 1.165) is 0 Å². The zero-order valence-electron chi connectivity index (χ0n) is 24.2. The number of aliphatic carboxylic acids is 1. The molecule has 2 aromatic rings. The van der Waals surface area contributed by atoms with Gasteiger partial charge in [0.15, 0.2) is 19.0 Å². The lowest BCUT2D eigenvalue weighted by atomic mass is 9.77. The van der Waals surface area contributed by atoms with E-state index >= 15 is 0 Å². The van der Waals surface area contributed by atoms with Crippen molar-refractivity contribution in [2.45, 2.75) is 64.1 Å². The number of benzene rings is 2. The Labute approximate surface area is 237 Å². The van der Waals surface area contributed by atoms with Crippen molar-refractivity contribution in [3.8, 4) is 17.2 Å². The third-order valence-electron chi connectivity index (χ3n) is 6.73. The fraction of sp³-hybridized carbons (Fsp3) is 0.483. The summed E-state index contributed by atoms with van der Waals surface area (Å²) in [5.41, 5.74) is -2.26. The molecule has 222 valence electrons. The number of carbonyl (C=O) groups excluding carboxylic acids is 2. The van der Waals surface area contributed by atoms with E-state index < -0.39 is 47.6 Å². The second-order valence-corrected chi connectivity index (χ2v) is 10.7. The van der Waals surface area contributed by atoms with E-state index in [4.69, 9.17) is 37.9 Å². The largest absolute Gasteiger partial charge is 0.509 e. The van der Waals surface area contributed by atoms with E-state index in [1.165, 1.54) is 28.3 Å². The van der Waals surface area contributed by atoms with Crippen LogP contribution in [0.4, 0.5) is 4.79 Å². The number of esters is 1. The lowest BCUT2D eigenvalue weighted by molar-refractivity contribution is -0.149. The minimum absolute atomic E-state index is 0.00912. The van der Waals surface area contributed by atoms with Crippen LogP contribution in [0.5, 0.6) is 17.2 Å². The highest BCUT2D eigenvalue weighted by Gasteiger charge is 2.70. The number of hydrogen-bond donors (Lipinski definition) is 1. The molecule has 1 fully saturated rings. The fourth-order valence-electron chi connectivity index (χ4n) is 5.12. The van der Waals surface area contributed by atoms with E-state index in [-0.39, 0.29) is 29.3 Å². The minimum atomic E-state index is -1.41. The molecular weight excluding hydrogens is 540 g/mol. The van der Waals surface area contributed by atoms with Crippen molar-refractivity contribution in [3.05, 3.63) is 35.4 Å². The van der Waals surface area contributed by atoms with Crippen LogP contribution in [0.15, 0.2) is 29.8 Å². The van der Waals surface area contributed by atoms with Gasteiger partial charge < -0.3 is 43.0 Å². The van der Waals surface area contributed by atoms with E-state index in [2.05, 4.69) is 0 Å². The molecule has 0 unspecified atom stereocenters. The quantitative estimate of drug-likeness (QED) is 0.261. The Kier molecular flexibility index (Phi) is 8.10. The molecule has 1 aliphatic heterocycles. The Bertz CT molecular complexity index is 1400. The molecule has 1 heterocycles. The number of methoxy groups -OCH3 is 3. The van der Waals surface area contributed by atoms with E-state index in [0.29, 0.717) is 22.3 Å². The summed E-state index contributed by atoms with van der Waals surface area (Å²) in [6, 6.07) is 6.75. The molecule has 1 aliphatic carbocycles. The van der Waals surface area contributed by atoms with Crippen molar-refractivity contribution in [3.63, 3.8) is 0 Å². The van der Waals surface area contributed by atoms with Gasteiger partial charge in [-0.25, -0.2) is 9.59 Å². The monoisotopic (exact) mass is 574 g/mol. The van der Waals surface area contributed by atoms with Crippen LogP contribution >= 0.6 is 0 Å². The zero-order valence-corrected chi connectivity index (χ0v) is 24.2. The fourth-order valence-corrected chi connectivity index (χ4v) is 5.12. The van der Waals surface area contributed by atoms with Crippen molar-refractivity contribution in [1.29, 1.82) is 0 Å². The molecule has 2 aromatic carbocycles. The molecular formula is C29H34O12. The molecule has 0 aromatic heterocycles. The van der Waals surface area contributed by atoms with Crippen LogP contribution in [0.3, 0.4) is 0 Å². The van der Waals surface area contributed by atoms with Crippen LogP contribution in [-0.4, -0.2) is 80.8 Å². The Morgan fingerprint density at radius 3 is 2.32 bits per heavy atom. The normalized spacial score (nSPS) is 23.4. The molecule has 0 bridgehead atoms. The van der Waals surface area contributed by atoms with Crippen molar-refractivity contribution in [2.75, 3.05) is 28.1 Å². The highest BCUT2D eigenvalue weighted by atomic mass is 16.8. The number of rotatable bonds is 9. The highest BCUT2D eigenvalue weighted by molar-refractivity contribution is 6.06. The lowest BCUT2D eigenvalue weighted by Crippen LogP contribution is -2.47. The maximum absolute atomic E-state index is 12.9. The first kappa shape index (κ1) is 29.9. The molecule has 0 amide bonds. The summed E-state index contributed by atoms with van der Waals surface area (Å²) in [7, 11) is 4.35. The topological polar surface area (TPSA) is 149 Å². The summed E-state index contributed by atoms with van der Waals surface area (Å²) in [6.45, 7) is 7.74. The van der Waals surface area contributed by atoms with Gasteiger partial charge in [0.1, 0.15) is 34.6 Å². The number of carboxylic acid groups (broad SMARTS) is 1. The molecule has 0 radical (unpaired) electrons. The Hall–Kier alpha value is -4.03. The van der Waals surface area contributed by atoms with E-state index in [9.17, 15) is 19.5 Å². The van der Waals surface area contributed by atoms with Gasteiger partial charge >= 0.3 is 18.1 Å². The van der Waals surface area contributed by atoms with Crippen LogP contribution < -0.4 is 14.2 Å². The van der Waals surface area contributed by atoms with Gasteiger partial charge in [-0.1, -0.05) is 12.1 Å². The second kappa shape index (κ2) is 11.1. The molecule has 12 heteroatoms. The highest BCUT2D eigenvalue weighted by Crippen LogP contribution is 2.56. The summed E-state index contributed by atoms with van der Waals surface area (Å²) >= 11 is 0. The predicted octanol–water partition coefficient (Wildman–Crippen LogP) is 4.10. The van der Waals surface area contributed by atoms with Gasteiger partial charge in [-0.2, -0.15) is 0 Å². The van der Waals surface area contributed by atoms with Gasteiger partial charge in [0.2, 0.25) is 0 Å². The third kappa shape index (κ3) is 5.62. The number of ether oxygens (including phenoxy) is 8. The third-order valence-corrected chi connectivity index (χ3v) is 6.73. The smallest absolute Gasteiger partial charge is 0.496 e. The molecule has 1 saturated heterocycles. The molecule has 1 N–H and O–H groups in total. The van der Waals surface area contributed by atoms with Crippen LogP contribution in [-0.2, 0) is 33.3 Å². The Balaban J connectivity index is 2.04. The SMILES string of the molecule is COCOc1cccc2c(OC)c(C3=C(C(=O)O)[C@@H](OC(C)=O)[C@@]4(C)O[C@H]4[C@H]3OC(=O)OC(C)(C)C)cc(OC)c12. The number of fused-ring (bicyclic) bond motifs is 2. The van der Waals surface area contributed by atoms with Crippen molar-refractivity contribution in [1.82, 2.24) is 0 Å². The van der Waals surface area contributed by atoms with Crippen molar-refractivity contribution >= 4 is 34.4 Å². The van der Waals surface area contributed by atoms with Gasteiger partial charge in [-0.15, -0.1) is 0 Å². The van der Waals surface area contributed by atoms with Gasteiger partial charge in [0.05, 0.1) is 25.2 Å². The Morgan fingerprint density at radius 2 is 1.76 bits per heavy atom. The first-order chi connectivity index (χ1) is 19.3. The predicted molar refractivity (Wildman–Crippen MR) is 144 cm³/mol. The maximum Gasteiger partial charge on any atom is 0.509 e. The van der Waals surface area contributed by atoms with Crippen molar-refractivity contribution in [2.24, 2.45) is 0 Å². The van der Waals surface area contributed by atoms with E-state index in [1.807, 2.05) is 0 Å². The number of carboxylic acids is 1. The first-order valence-electron chi connectivity index (χ1n) is 12.8. The van der Waals surface area contributed by atoms with Crippen LogP contribution in [0.1, 0.15) is 40.2 Å².